The second kappa shape index (κ2) is 7.02. The Bertz CT molecular complexity index is 939. The summed E-state index contributed by atoms with van der Waals surface area (Å²) >= 11 is 3.48. The zero-order valence-electron chi connectivity index (χ0n) is 13.5. The average Bonchev–Trinajstić information content (AvgIpc) is 3.06. The van der Waals surface area contributed by atoms with E-state index in [9.17, 15) is 10.1 Å². The van der Waals surface area contributed by atoms with Crippen LogP contribution in [0.25, 0.3) is 11.4 Å². The van der Waals surface area contributed by atoms with Crippen LogP contribution < -0.4 is 4.74 Å². The number of non-ortho nitro benzene ring substituents is 1. The summed E-state index contributed by atoms with van der Waals surface area (Å²) in [5.41, 5.74) is 2.53. The molecule has 0 fully saturated rings. The molecule has 0 spiro atoms. The summed E-state index contributed by atoms with van der Waals surface area (Å²) in [6, 6.07) is 9.98. The van der Waals surface area contributed by atoms with Crippen molar-refractivity contribution in [1.29, 1.82) is 0 Å². The summed E-state index contributed by atoms with van der Waals surface area (Å²) in [4.78, 5) is 14.6. The fourth-order valence-electron chi connectivity index (χ4n) is 2.24. The molecule has 0 amide bonds. The van der Waals surface area contributed by atoms with Crippen molar-refractivity contribution >= 4 is 21.6 Å². The standard InChI is InChI=1S/C17H14BrN3O4/c1-10-7-15(11(2)6-14(10)18)24-9-16-19-17(20-25-16)12-4-3-5-13(8-12)21(22)23/h3-8H,9H2,1-2H3. The van der Waals surface area contributed by atoms with Gasteiger partial charge in [-0.3, -0.25) is 10.1 Å². The molecular formula is C17H14BrN3O4. The van der Waals surface area contributed by atoms with Crippen molar-refractivity contribution in [2.24, 2.45) is 0 Å². The van der Waals surface area contributed by atoms with E-state index in [-0.39, 0.29) is 18.1 Å². The van der Waals surface area contributed by atoms with Crippen LogP contribution in [0.2, 0.25) is 0 Å². The molecule has 3 aromatic rings. The Hall–Kier alpha value is -2.74. The molecule has 8 heteroatoms. The Morgan fingerprint density at radius 3 is 2.80 bits per heavy atom. The molecular weight excluding hydrogens is 390 g/mol. The van der Waals surface area contributed by atoms with E-state index in [4.69, 9.17) is 9.26 Å². The lowest BCUT2D eigenvalue weighted by atomic mass is 10.1. The molecule has 0 saturated carbocycles. The number of halogens is 1. The lowest BCUT2D eigenvalue weighted by molar-refractivity contribution is -0.384. The van der Waals surface area contributed by atoms with Crippen molar-refractivity contribution < 1.29 is 14.2 Å². The number of ether oxygens (including phenoxy) is 1. The van der Waals surface area contributed by atoms with Gasteiger partial charge in [0.15, 0.2) is 6.61 Å². The van der Waals surface area contributed by atoms with Crippen molar-refractivity contribution in [3.05, 3.63) is 68.0 Å². The van der Waals surface area contributed by atoms with Crippen LogP contribution in [0.3, 0.4) is 0 Å². The quantitative estimate of drug-likeness (QED) is 0.456. The van der Waals surface area contributed by atoms with Gasteiger partial charge in [-0.05, 0) is 37.1 Å². The highest BCUT2D eigenvalue weighted by Gasteiger charge is 2.13. The largest absolute Gasteiger partial charge is 0.483 e. The first-order valence-corrected chi connectivity index (χ1v) is 8.20. The molecule has 1 heterocycles. The smallest absolute Gasteiger partial charge is 0.270 e. The molecule has 0 bridgehead atoms. The Morgan fingerprint density at radius 1 is 1.24 bits per heavy atom. The Morgan fingerprint density at radius 2 is 2.04 bits per heavy atom. The van der Waals surface area contributed by atoms with Crippen LogP contribution in [0.5, 0.6) is 5.75 Å². The van der Waals surface area contributed by atoms with E-state index in [1.165, 1.54) is 12.1 Å². The van der Waals surface area contributed by atoms with Gasteiger partial charge in [-0.2, -0.15) is 4.98 Å². The van der Waals surface area contributed by atoms with Crippen LogP contribution >= 0.6 is 15.9 Å². The molecule has 0 saturated heterocycles. The van der Waals surface area contributed by atoms with Gasteiger partial charge in [0, 0.05) is 22.2 Å². The Kier molecular flexibility index (Phi) is 4.80. The van der Waals surface area contributed by atoms with Crippen LogP contribution in [0.1, 0.15) is 17.0 Å². The maximum absolute atomic E-state index is 10.9. The van der Waals surface area contributed by atoms with Crippen molar-refractivity contribution in [3.63, 3.8) is 0 Å². The van der Waals surface area contributed by atoms with E-state index in [0.29, 0.717) is 11.5 Å². The fraction of sp³-hybridized carbons (Fsp3) is 0.176. The normalized spacial score (nSPS) is 10.7. The minimum Gasteiger partial charge on any atom is -0.483 e. The van der Waals surface area contributed by atoms with Crippen molar-refractivity contribution in [2.75, 3.05) is 0 Å². The van der Waals surface area contributed by atoms with Crippen LogP contribution in [-0.2, 0) is 6.61 Å². The Balaban J connectivity index is 1.75. The first-order chi connectivity index (χ1) is 11.9. The molecule has 128 valence electrons. The summed E-state index contributed by atoms with van der Waals surface area (Å²) in [7, 11) is 0. The van der Waals surface area contributed by atoms with Crippen LogP contribution in [0, 0.1) is 24.0 Å². The van der Waals surface area contributed by atoms with Crippen LogP contribution in [-0.4, -0.2) is 15.1 Å². The first kappa shape index (κ1) is 17.1. The SMILES string of the molecule is Cc1cc(OCc2nc(-c3cccc([N+](=O)[O-])c3)no2)c(C)cc1Br. The number of rotatable bonds is 5. The molecule has 0 aliphatic rings. The highest BCUT2D eigenvalue weighted by atomic mass is 79.9. The topological polar surface area (TPSA) is 91.3 Å². The van der Waals surface area contributed by atoms with E-state index in [2.05, 4.69) is 26.1 Å². The molecule has 7 nitrogen and oxygen atoms in total. The molecule has 2 aromatic carbocycles. The van der Waals surface area contributed by atoms with Gasteiger partial charge in [0.25, 0.3) is 11.6 Å². The molecule has 0 aliphatic carbocycles. The van der Waals surface area contributed by atoms with Gasteiger partial charge in [0.1, 0.15) is 5.75 Å². The minimum absolute atomic E-state index is 0.0268. The fourth-order valence-corrected chi connectivity index (χ4v) is 2.70. The van der Waals surface area contributed by atoms with Gasteiger partial charge in [-0.15, -0.1) is 0 Å². The molecule has 3 rings (SSSR count). The number of benzene rings is 2. The first-order valence-electron chi connectivity index (χ1n) is 7.41. The molecule has 0 N–H and O–H groups in total. The van der Waals surface area contributed by atoms with E-state index >= 15 is 0 Å². The van der Waals surface area contributed by atoms with Gasteiger partial charge < -0.3 is 9.26 Å². The van der Waals surface area contributed by atoms with E-state index in [1.54, 1.807) is 12.1 Å². The second-order valence-electron chi connectivity index (χ2n) is 5.47. The van der Waals surface area contributed by atoms with Crippen molar-refractivity contribution in [3.8, 4) is 17.1 Å². The third-order valence-electron chi connectivity index (χ3n) is 3.59. The third kappa shape index (κ3) is 3.85. The zero-order chi connectivity index (χ0) is 18.0. The highest BCUT2D eigenvalue weighted by Crippen LogP contribution is 2.27. The average molecular weight is 404 g/mol. The van der Waals surface area contributed by atoms with Crippen LogP contribution in [0.15, 0.2) is 45.4 Å². The van der Waals surface area contributed by atoms with Crippen molar-refractivity contribution in [1.82, 2.24) is 10.1 Å². The van der Waals surface area contributed by atoms with Gasteiger partial charge in [-0.1, -0.05) is 33.2 Å². The number of nitro benzene ring substituents is 1. The number of nitro groups is 1. The summed E-state index contributed by atoms with van der Waals surface area (Å²) in [5, 5.41) is 14.7. The monoisotopic (exact) mass is 403 g/mol. The number of hydrogen-bond acceptors (Lipinski definition) is 6. The molecule has 0 aliphatic heterocycles. The predicted molar refractivity (Wildman–Crippen MR) is 94.3 cm³/mol. The number of aryl methyl sites for hydroxylation is 2. The Labute approximate surface area is 151 Å². The van der Waals surface area contributed by atoms with Crippen molar-refractivity contribution in [2.45, 2.75) is 20.5 Å². The van der Waals surface area contributed by atoms with Gasteiger partial charge in [-0.25, -0.2) is 0 Å². The molecule has 0 atom stereocenters. The van der Waals surface area contributed by atoms with E-state index in [1.807, 2.05) is 26.0 Å². The molecule has 25 heavy (non-hydrogen) atoms. The summed E-state index contributed by atoms with van der Waals surface area (Å²) in [6.45, 7) is 4.04. The molecule has 1 aromatic heterocycles. The van der Waals surface area contributed by atoms with Gasteiger partial charge in [0.2, 0.25) is 5.82 Å². The second-order valence-corrected chi connectivity index (χ2v) is 6.33. The summed E-state index contributed by atoms with van der Waals surface area (Å²) in [5.74, 6) is 1.31. The minimum atomic E-state index is -0.466. The number of aromatic nitrogens is 2. The number of hydrogen-bond donors (Lipinski definition) is 0. The molecule has 0 unspecified atom stereocenters. The maximum Gasteiger partial charge on any atom is 0.270 e. The summed E-state index contributed by atoms with van der Waals surface area (Å²) in [6.07, 6.45) is 0. The zero-order valence-corrected chi connectivity index (χ0v) is 15.1. The predicted octanol–water partition coefficient (Wildman–Crippen LogP) is 4.60. The third-order valence-corrected chi connectivity index (χ3v) is 4.44. The van der Waals surface area contributed by atoms with Gasteiger partial charge in [0.05, 0.1) is 4.92 Å². The maximum atomic E-state index is 10.9. The lowest BCUT2D eigenvalue weighted by Gasteiger charge is -2.09. The molecule has 0 radical (unpaired) electrons. The number of nitrogens with zero attached hydrogens (tertiary/aromatic N) is 3. The van der Waals surface area contributed by atoms with E-state index in [0.717, 1.165) is 21.3 Å². The van der Waals surface area contributed by atoms with Gasteiger partial charge >= 0.3 is 0 Å². The van der Waals surface area contributed by atoms with E-state index < -0.39 is 4.92 Å². The summed E-state index contributed by atoms with van der Waals surface area (Å²) < 4.78 is 11.9. The van der Waals surface area contributed by atoms with Crippen LogP contribution in [0.4, 0.5) is 5.69 Å². The lowest BCUT2D eigenvalue weighted by Crippen LogP contribution is -1.98. The highest BCUT2D eigenvalue weighted by molar-refractivity contribution is 9.10.